The van der Waals surface area contributed by atoms with Gasteiger partial charge in [-0.05, 0) is 39.2 Å². The van der Waals surface area contributed by atoms with Gasteiger partial charge in [0.1, 0.15) is 0 Å². The fourth-order valence-electron chi connectivity index (χ4n) is 3.87. The molecule has 2 aromatic heterocycles. The van der Waals surface area contributed by atoms with E-state index in [0.29, 0.717) is 5.78 Å². The second-order valence-electron chi connectivity index (χ2n) is 6.53. The molecule has 1 spiro atoms. The molecule has 23 heavy (non-hydrogen) atoms. The van der Waals surface area contributed by atoms with E-state index in [-0.39, 0.29) is 29.3 Å². The number of hydrogen-bond donors (Lipinski definition) is 1. The molecule has 2 fully saturated rings. The number of amides is 1. The highest BCUT2D eigenvalue weighted by Gasteiger charge is 2.59. The van der Waals surface area contributed by atoms with Gasteiger partial charge in [-0.15, -0.1) is 5.10 Å². The summed E-state index contributed by atoms with van der Waals surface area (Å²) in [6.07, 6.45) is 6.30. The molecule has 0 aromatic carbocycles. The molecule has 2 heterocycles. The molecule has 2 unspecified atom stereocenters. The summed E-state index contributed by atoms with van der Waals surface area (Å²) in [6, 6.07) is 2.01. The van der Waals surface area contributed by atoms with Crippen molar-refractivity contribution in [1.82, 2.24) is 24.9 Å². The van der Waals surface area contributed by atoms with E-state index in [1.165, 1.54) is 6.42 Å². The van der Waals surface area contributed by atoms with Crippen molar-refractivity contribution in [2.24, 2.45) is 5.41 Å². The Morgan fingerprint density at radius 2 is 2.35 bits per heavy atom. The summed E-state index contributed by atoms with van der Waals surface area (Å²) >= 11 is 0. The molecule has 2 aliphatic rings. The summed E-state index contributed by atoms with van der Waals surface area (Å²) in [7, 11) is 0. The third-order valence-electron chi connectivity index (χ3n) is 5.38. The average molecular weight is 315 g/mol. The predicted octanol–water partition coefficient (Wildman–Crippen LogP) is 1.51. The van der Waals surface area contributed by atoms with E-state index in [1.807, 2.05) is 19.9 Å². The highest BCUT2D eigenvalue weighted by Crippen LogP contribution is 2.57. The highest BCUT2D eigenvalue weighted by atomic mass is 16.5. The van der Waals surface area contributed by atoms with Crippen LogP contribution in [0.1, 0.15) is 48.9 Å². The van der Waals surface area contributed by atoms with Crippen LogP contribution in [0.2, 0.25) is 0 Å². The largest absolute Gasteiger partial charge is 0.378 e. The minimum atomic E-state index is -0.221. The van der Waals surface area contributed by atoms with Gasteiger partial charge >= 0.3 is 0 Å². The zero-order valence-electron chi connectivity index (χ0n) is 13.5. The van der Waals surface area contributed by atoms with Crippen LogP contribution in [0.5, 0.6) is 0 Å². The molecule has 2 saturated carbocycles. The van der Waals surface area contributed by atoms with Crippen molar-refractivity contribution in [3.05, 3.63) is 23.8 Å². The van der Waals surface area contributed by atoms with Crippen LogP contribution in [0.25, 0.3) is 5.78 Å². The van der Waals surface area contributed by atoms with Gasteiger partial charge in [-0.2, -0.15) is 4.98 Å². The van der Waals surface area contributed by atoms with E-state index in [1.54, 1.807) is 10.7 Å². The number of rotatable bonds is 4. The minimum Gasteiger partial charge on any atom is -0.378 e. The summed E-state index contributed by atoms with van der Waals surface area (Å²) in [5, 5.41) is 7.38. The minimum absolute atomic E-state index is 0.138. The first kappa shape index (κ1) is 14.6. The summed E-state index contributed by atoms with van der Waals surface area (Å²) < 4.78 is 7.42. The van der Waals surface area contributed by atoms with E-state index in [9.17, 15) is 4.79 Å². The summed E-state index contributed by atoms with van der Waals surface area (Å²) in [6.45, 7) is 4.66. The summed E-state index contributed by atoms with van der Waals surface area (Å²) in [5.41, 5.74) is 1.04. The predicted molar refractivity (Wildman–Crippen MR) is 83.1 cm³/mol. The van der Waals surface area contributed by atoms with Crippen LogP contribution in [-0.2, 0) is 4.74 Å². The van der Waals surface area contributed by atoms with Crippen molar-refractivity contribution >= 4 is 11.7 Å². The number of ether oxygens (including phenoxy) is 1. The molecule has 1 N–H and O–H groups in total. The Labute approximate surface area is 134 Å². The third kappa shape index (κ3) is 2.14. The Bertz CT molecular complexity index is 752. The van der Waals surface area contributed by atoms with Gasteiger partial charge in [-0.3, -0.25) is 4.79 Å². The van der Waals surface area contributed by atoms with Crippen molar-refractivity contribution in [3.63, 3.8) is 0 Å². The molecule has 2 aliphatic carbocycles. The lowest BCUT2D eigenvalue weighted by Gasteiger charge is -2.60. The number of carbonyl (C=O) groups is 1. The van der Waals surface area contributed by atoms with E-state index in [2.05, 4.69) is 20.4 Å². The van der Waals surface area contributed by atoms with Crippen LogP contribution < -0.4 is 5.32 Å². The first-order chi connectivity index (χ1) is 11.1. The fourth-order valence-corrected chi connectivity index (χ4v) is 3.87. The van der Waals surface area contributed by atoms with Crippen LogP contribution in [-0.4, -0.2) is 44.2 Å². The lowest BCUT2D eigenvalue weighted by molar-refractivity contribution is -0.169. The zero-order valence-corrected chi connectivity index (χ0v) is 13.5. The van der Waals surface area contributed by atoms with Gasteiger partial charge in [0.05, 0.1) is 6.10 Å². The molecular formula is C16H21N5O2. The van der Waals surface area contributed by atoms with Gasteiger partial charge < -0.3 is 10.1 Å². The maximum Gasteiger partial charge on any atom is 0.291 e. The topological polar surface area (TPSA) is 81.4 Å². The average Bonchev–Trinajstić information content (AvgIpc) is 2.90. The number of hydrogen-bond acceptors (Lipinski definition) is 5. The quantitative estimate of drug-likeness (QED) is 0.925. The third-order valence-corrected chi connectivity index (χ3v) is 5.38. The molecule has 2 aromatic rings. The fraction of sp³-hybridized carbons (Fsp3) is 0.625. The number of nitrogens with one attached hydrogen (secondary N) is 1. The maximum absolute atomic E-state index is 12.5. The molecular weight excluding hydrogens is 294 g/mol. The molecule has 2 atom stereocenters. The maximum atomic E-state index is 12.5. The number of nitrogens with zero attached hydrogens (tertiary/aromatic N) is 4. The second kappa shape index (κ2) is 5.26. The van der Waals surface area contributed by atoms with Crippen molar-refractivity contribution in [1.29, 1.82) is 0 Å². The SMILES string of the molecule is CCOC1CC(NC(=O)c2nc3nccc(C)n3n2)C12CCC2. The Morgan fingerprint density at radius 1 is 1.52 bits per heavy atom. The molecule has 4 rings (SSSR count). The van der Waals surface area contributed by atoms with Crippen LogP contribution in [0.15, 0.2) is 12.3 Å². The van der Waals surface area contributed by atoms with Gasteiger partial charge in [-0.1, -0.05) is 6.42 Å². The molecule has 0 radical (unpaired) electrons. The molecule has 0 saturated heterocycles. The molecule has 7 heteroatoms. The summed E-state index contributed by atoms with van der Waals surface area (Å²) in [4.78, 5) is 20.9. The molecule has 0 bridgehead atoms. The highest BCUT2D eigenvalue weighted by molar-refractivity contribution is 5.91. The van der Waals surface area contributed by atoms with Gasteiger partial charge in [0, 0.05) is 30.0 Å². The van der Waals surface area contributed by atoms with Crippen molar-refractivity contribution in [2.75, 3.05) is 6.61 Å². The monoisotopic (exact) mass is 315 g/mol. The van der Waals surface area contributed by atoms with Gasteiger partial charge in [0.2, 0.25) is 5.82 Å². The van der Waals surface area contributed by atoms with E-state index < -0.39 is 0 Å². The van der Waals surface area contributed by atoms with Gasteiger partial charge in [-0.25, -0.2) is 9.50 Å². The molecule has 122 valence electrons. The Kier molecular flexibility index (Phi) is 3.33. The van der Waals surface area contributed by atoms with Crippen molar-refractivity contribution < 1.29 is 9.53 Å². The second-order valence-corrected chi connectivity index (χ2v) is 6.53. The van der Waals surface area contributed by atoms with Gasteiger partial charge in [0.25, 0.3) is 11.7 Å². The number of carbonyl (C=O) groups excluding carboxylic acids is 1. The first-order valence-corrected chi connectivity index (χ1v) is 8.25. The molecule has 0 aliphatic heterocycles. The normalized spacial score (nSPS) is 25.1. The number of fused-ring (bicyclic) bond motifs is 1. The van der Waals surface area contributed by atoms with Crippen LogP contribution in [0, 0.1) is 12.3 Å². The van der Waals surface area contributed by atoms with Crippen molar-refractivity contribution in [2.45, 2.75) is 51.7 Å². The Morgan fingerprint density at radius 3 is 3.00 bits per heavy atom. The first-order valence-electron chi connectivity index (χ1n) is 8.25. The van der Waals surface area contributed by atoms with E-state index in [0.717, 1.165) is 31.6 Å². The standard InChI is InChI=1S/C16H21N5O2/c1-3-23-12-9-11(16(12)6-4-7-16)18-14(22)13-19-15-17-8-5-10(2)21(15)20-13/h5,8,11-12H,3-4,6-7,9H2,1-2H3,(H,18,22). The van der Waals surface area contributed by atoms with Gasteiger partial charge in [0.15, 0.2) is 0 Å². The Balaban J connectivity index is 1.50. The van der Waals surface area contributed by atoms with Crippen molar-refractivity contribution in [3.8, 4) is 0 Å². The smallest absolute Gasteiger partial charge is 0.291 e. The van der Waals surface area contributed by atoms with E-state index in [4.69, 9.17) is 4.74 Å². The number of aromatic nitrogens is 4. The van der Waals surface area contributed by atoms with E-state index >= 15 is 0 Å². The Hall–Kier alpha value is -2.02. The van der Waals surface area contributed by atoms with Crippen LogP contribution >= 0.6 is 0 Å². The summed E-state index contributed by atoms with van der Waals surface area (Å²) in [5.74, 6) is 0.413. The molecule has 7 nitrogen and oxygen atoms in total. The molecule has 1 amide bonds. The lowest BCUT2D eigenvalue weighted by Crippen LogP contribution is -2.67. The number of aryl methyl sites for hydroxylation is 1. The van der Waals surface area contributed by atoms with Crippen LogP contribution in [0.3, 0.4) is 0 Å². The van der Waals surface area contributed by atoms with Crippen LogP contribution in [0.4, 0.5) is 0 Å². The zero-order chi connectivity index (χ0) is 16.0. The lowest BCUT2D eigenvalue weighted by atomic mass is 9.51.